The van der Waals surface area contributed by atoms with Gasteiger partial charge in [-0.2, -0.15) is 5.26 Å². The third-order valence-corrected chi connectivity index (χ3v) is 4.29. The quantitative estimate of drug-likeness (QED) is 0.864. The van der Waals surface area contributed by atoms with E-state index < -0.39 is 0 Å². The van der Waals surface area contributed by atoms with Crippen molar-refractivity contribution in [3.63, 3.8) is 0 Å². The molecule has 22 heavy (non-hydrogen) atoms. The summed E-state index contributed by atoms with van der Waals surface area (Å²) in [4.78, 5) is 12.7. The highest BCUT2D eigenvalue weighted by molar-refractivity contribution is 5.60. The number of nitriles is 1. The van der Waals surface area contributed by atoms with Crippen LogP contribution in [-0.4, -0.2) is 4.57 Å². The van der Waals surface area contributed by atoms with Gasteiger partial charge >= 0.3 is 0 Å². The lowest BCUT2D eigenvalue weighted by Crippen LogP contribution is -2.27. The summed E-state index contributed by atoms with van der Waals surface area (Å²) in [6.07, 6.45) is 4.30. The number of hydrogen-bond acceptors (Lipinski definition) is 2. The van der Waals surface area contributed by atoms with Crippen LogP contribution in [0.25, 0.3) is 11.3 Å². The summed E-state index contributed by atoms with van der Waals surface area (Å²) < 4.78 is 15.0. The molecule has 1 aromatic heterocycles. The van der Waals surface area contributed by atoms with E-state index in [-0.39, 0.29) is 23.8 Å². The lowest BCUT2D eigenvalue weighted by molar-refractivity contribution is 0.505. The van der Waals surface area contributed by atoms with Crippen LogP contribution in [0, 0.1) is 17.1 Å². The smallest absolute Gasteiger partial charge is 0.255 e. The lowest BCUT2D eigenvalue weighted by atomic mass is 10.1. The van der Waals surface area contributed by atoms with Crippen LogP contribution in [0.4, 0.5) is 4.39 Å². The Morgan fingerprint density at radius 1 is 1.14 bits per heavy atom. The molecule has 1 aliphatic carbocycles. The number of nitrogens with zero attached hydrogens (tertiary/aromatic N) is 2. The number of benzene rings is 1. The molecule has 1 saturated carbocycles. The second kappa shape index (κ2) is 6.15. The zero-order valence-electron chi connectivity index (χ0n) is 12.3. The molecule has 4 heteroatoms. The first-order chi connectivity index (χ1) is 10.7. The van der Waals surface area contributed by atoms with E-state index in [4.69, 9.17) is 5.26 Å². The second-order valence-corrected chi connectivity index (χ2v) is 5.70. The first-order valence-corrected chi connectivity index (χ1v) is 7.58. The number of hydrogen-bond donors (Lipinski definition) is 0. The van der Waals surface area contributed by atoms with Crippen molar-refractivity contribution in [1.82, 2.24) is 4.57 Å². The fourth-order valence-corrected chi connectivity index (χ4v) is 3.20. The first kappa shape index (κ1) is 14.5. The van der Waals surface area contributed by atoms with E-state index in [1.165, 1.54) is 12.1 Å². The van der Waals surface area contributed by atoms with Gasteiger partial charge in [0.05, 0.1) is 18.2 Å². The summed E-state index contributed by atoms with van der Waals surface area (Å²) in [5.74, 6) is -0.292. The van der Waals surface area contributed by atoms with Gasteiger partial charge < -0.3 is 4.57 Å². The molecule has 1 aliphatic rings. The van der Waals surface area contributed by atoms with Gasteiger partial charge in [0.15, 0.2) is 0 Å². The molecule has 1 fully saturated rings. The highest BCUT2D eigenvalue weighted by Gasteiger charge is 2.22. The molecule has 0 radical (unpaired) electrons. The van der Waals surface area contributed by atoms with Crippen LogP contribution >= 0.6 is 0 Å². The van der Waals surface area contributed by atoms with Gasteiger partial charge in [0.1, 0.15) is 5.82 Å². The third-order valence-electron chi connectivity index (χ3n) is 4.29. The number of halogens is 1. The largest absolute Gasteiger partial charge is 0.305 e. The van der Waals surface area contributed by atoms with Gasteiger partial charge in [0, 0.05) is 11.6 Å². The van der Waals surface area contributed by atoms with Gasteiger partial charge in [-0.25, -0.2) is 4.39 Å². The SMILES string of the molecule is N#CCc1ccc(-c2ccc(F)cc2)n(C2CCCC2)c1=O. The molecule has 1 aromatic carbocycles. The van der Waals surface area contributed by atoms with Crippen molar-refractivity contribution in [2.45, 2.75) is 38.1 Å². The zero-order chi connectivity index (χ0) is 15.5. The highest BCUT2D eigenvalue weighted by Crippen LogP contribution is 2.32. The Morgan fingerprint density at radius 2 is 1.82 bits per heavy atom. The van der Waals surface area contributed by atoms with Gasteiger partial charge in [-0.05, 0) is 48.7 Å². The molecule has 3 rings (SSSR count). The molecule has 0 saturated heterocycles. The van der Waals surface area contributed by atoms with E-state index in [2.05, 4.69) is 0 Å². The summed E-state index contributed by atoms with van der Waals surface area (Å²) in [7, 11) is 0. The Morgan fingerprint density at radius 3 is 2.45 bits per heavy atom. The minimum Gasteiger partial charge on any atom is -0.305 e. The summed E-state index contributed by atoms with van der Waals surface area (Å²) in [6.45, 7) is 0. The molecular formula is C18H17FN2O. The monoisotopic (exact) mass is 296 g/mol. The van der Waals surface area contributed by atoms with Crippen LogP contribution < -0.4 is 5.56 Å². The van der Waals surface area contributed by atoms with Crippen LogP contribution in [0.1, 0.15) is 37.3 Å². The molecule has 0 bridgehead atoms. The van der Waals surface area contributed by atoms with E-state index >= 15 is 0 Å². The minimum atomic E-state index is -0.292. The molecule has 0 amide bonds. The van der Waals surface area contributed by atoms with Crippen LogP contribution in [0.3, 0.4) is 0 Å². The lowest BCUT2D eigenvalue weighted by Gasteiger charge is -2.20. The molecule has 0 aliphatic heterocycles. The van der Waals surface area contributed by atoms with Crippen LogP contribution in [0.5, 0.6) is 0 Å². The highest BCUT2D eigenvalue weighted by atomic mass is 19.1. The van der Waals surface area contributed by atoms with E-state index in [0.29, 0.717) is 5.56 Å². The first-order valence-electron chi connectivity index (χ1n) is 7.58. The van der Waals surface area contributed by atoms with Crippen molar-refractivity contribution < 1.29 is 4.39 Å². The Balaban J connectivity index is 2.16. The molecule has 1 heterocycles. The van der Waals surface area contributed by atoms with Gasteiger partial charge in [-0.3, -0.25) is 4.79 Å². The Hall–Kier alpha value is -2.41. The van der Waals surface area contributed by atoms with Gasteiger partial charge in [-0.1, -0.05) is 18.9 Å². The normalized spacial score (nSPS) is 14.9. The Bertz CT molecular complexity index is 765. The summed E-state index contributed by atoms with van der Waals surface area (Å²) in [6, 6.07) is 12.0. The third kappa shape index (κ3) is 2.67. The van der Waals surface area contributed by atoms with Crippen molar-refractivity contribution in [2.24, 2.45) is 0 Å². The van der Waals surface area contributed by atoms with E-state index in [1.807, 2.05) is 16.7 Å². The molecule has 0 atom stereocenters. The van der Waals surface area contributed by atoms with Gasteiger partial charge in [-0.15, -0.1) is 0 Å². The average Bonchev–Trinajstić information content (AvgIpc) is 3.04. The fraction of sp³-hybridized carbons (Fsp3) is 0.333. The van der Waals surface area contributed by atoms with E-state index in [9.17, 15) is 9.18 Å². The predicted octanol–water partition coefficient (Wildman–Crippen LogP) is 3.84. The summed E-state index contributed by atoms with van der Waals surface area (Å²) in [5, 5.41) is 8.88. The van der Waals surface area contributed by atoms with Crippen LogP contribution in [-0.2, 0) is 6.42 Å². The molecule has 3 nitrogen and oxygen atoms in total. The van der Waals surface area contributed by atoms with Gasteiger partial charge in [0.2, 0.25) is 0 Å². The topological polar surface area (TPSA) is 45.8 Å². The molecular weight excluding hydrogens is 279 g/mol. The maximum Gasteiger partial charge on any atom is 0.255 e. The van der Waals surface area contributed by atoms with E-state index in [1.54, 1.807) is 18.2 Å². The van der Waals surface area contributed by atoms with Crippen LogP contribution in [0.2, 0.25) is 0 Å². The summed E-state index contributed by atoms with van der Waals surface area (Å²) >= 11 is 0. The zero-order valence-corrected chi connectivity index (χ0v) is 12.3. The van der Waals surface area contributed by atoms with Crippen molar-refractivity contribution in [2.75, 3.05) is 0 Å². The Kier molecular flexibility index (Phi) is 4.06. The predicted molar refractivity (Wildman–Crippen MR) is 82.9 cm³/mol. The second-order valence-electron chi connectivity index (χ2n) is 5.70. The molecule has 112 valence electrons. The average molecular weight is 296 g/mol. The Labute approximate surface area is 128 Å². The molecule has 0 unspecified atom stereocenters. The minimum absolute atomic E-state index is 0.0877. The fourth-order valence-electron chi connectivity index (χ4n) is 3.20. The standard InChI is InChI=1S/C18H17FN2O/c19-15-8-5-13(6-9-15)17-10-7-14(11-12-20)18(22)21(17)16-3-1-2-4-16/h5-10,16H,1-4,11H2. The van der Waals surface area contributed by atoms with Crippen molar-refractivity contribution in [3.05, 3.63) is 58.1 Å². The number of rotatable bonds is 3. The molecule has 0 spiro atoms. The van der Waals surface area contributed by atoms with Gasteiger partial charge in [0.25, 0.3) is 5.56 Å². The maximum absolute atomic E-state index is 13.1. The molecule has 2 aromatic rings. The maximum atomic E-state index is 13.1. The van der Waals surface area contributed by atoms with E-state index in [0.717, 1.165) is 36.9 Å². The number of pyridine rings is 1. The van der Waals surface area contributed by atoms with Crippen molar-refractivity contribution >= 4 is 0 Å². The molecule has 0 N–H and O–H groups in total. The number of aromatic nitrogens is 1. The van der Waals surface area contributed by atoms with Crippen molar-refractivity contribution in [1.29, 1.82) is 5.26 Å². The summed E-state index contributed by atoms with van der Waals surface area (Å²) in [5.41, 5.74) is 2.07. The van der Waals surface area contributed by atoms with Crippen molar-refractivity contribution in [3.8, 4) is 17.3 Å². The van der Waals surface area contributed by atoms with Crippen LogP contribution in [0.15, 0.2) is 41.2 Å².